The number of carboxylic acid groups (broad SMARTS) is 1. The Balaban J connectivity index is 0.00000386. The third kappa shape index (κ3) is 7.10. The summed E-state index contributed by atoms with van der Waals surface area (Å²) in [5, 5.41) is 9.93. The van der Waals surface area contributed by atoms with Crippen LogP contribution in [0.2, 0.25) is 0 Å². The molecule has 47 heavy (non-hydrogen) atoms. The van der Waals surface area contributed by atoms with Crippen LogP contribution in [0.25, 0.3) is 32.6 Å². The minimum absolute atomic E-state index is 0. The Kier molecular flexibility index (Phi) is 10.3. The van der Waals surface area contributed by atoms with Gasteiger partial charge in [0.25, 0.3) is 0 Å². The van der Waals surface area contributed by atoms with E-state index in [0.717, 1.165) is 70.1 Å². The number of benzene rings is 3. The number of aromatic carboxylic acids is 1. The minimum atomic E-state index is -0.960. The Morgan fingerprint density at radius 2 is 1.47 bits per heavy atom. The van der Waals surface area contributed by atoms with Crippen LogP contribution in [0.4, 0.5) is 0 Å². The van der Waals surface area contributed by atoms with E-state index in [0.29, 0.717) is 12.6 Å². The second-order valence-electron chi connectivity index (χ2n) is 12.3. The molecule has 0 unspecified atom stereocenters. The smallest absolute Gasteiger partial charge is 0.345 e. The number of nitrogens with zero attached hydrogens (tertiary/aromatic N) is 3. The molecule has 7 rings (SSSR count). The minimum Gasteiger partial charge on any atom is -0.489 e. The fourth-order valence-corrected chi connectivity index (χ4v) is 8.10. The highest BCUT2D eigenvalue weighted by Crippen LogP contribution is 2.45. The molecule has 9 heteroatoms. The van der Waals surface area contributed by atoms with Crippen molar-refractivity contribution < 1.29 is 19.4 Å². The van der Waals surface area contributed by atoms with Crippen molar-refractivity contribution in [2.45, 2.75) is 51.3 Å². The van der Waals surface area contributed by atoms with Gasteiger partial charge >= 0.3 is 5.97 Å². The van der Waals surface area contributed by atoms with Crippen molar-refractivity contribution >= 4 is 45.8 Å². The highest BCUT2D eigenvalue weighted by molar-refractivity contribution is 7.21. The van der Waals surface area contributed by atoms with Gasteiger partial charge in [0.2, 0.25) is 5.91 Å². The van der Waals surface area contributed by atoms with Gasteiger partial charge in [-0.25, -0.2) is 4.79 Å². The molecular weight excluding hydrogens is 630 g/mol. The lowest BCUT2D eigenvalue weighted by atomic mass is 9.94. The second-order valence-corrected chi connectivity index (χ2v) is 13.4. The first-order chi connectivity index (χ1) is 22.5. The lowest BCUT2D eigenvalue weighted by Crippen LogP contribution is -2.52. The molecule has 244 valence electrons. The molecule has 0 bridgehead atoms. The Morgan fingerprint density at radius 3 is 2.13 bits per heavy atom. The van der Waals surface area contributed by atoms with Crippen molar-refractivity contribution in [3.63, 3.8) is 0 Å². The van der Waals surface area contributed by atoms with Crippen LogP contribution < -0.4 is 4.74 Å². The molecule has 2 fully saturated rings. The summed E-state index contributed by atoms with van der Waals surface area (Å²) >= 11 is 1.27. The molecule has 0 spiro atoms. The number of hydrogen-bond acceptors (Lipinski definition) is 5. The van der Waals surface area contributed by atoms with Gasteiger partial charge < -0.3 is 19.3 Å². The molecule has 1 saturated carbocycles. The van der Waals surface area contributed by atoms with E-state index in [1.165, 1.54) is 43.4 Å². The van der Waals surface area contributed by atoms with Crippen LogP contribution in [-0.4, -0.2) is 63.6 Å². The highest BCUT2D eigenvalue weighted by Gasteiger charge is 2.30. The molecule has 1 amide bonds. The molecule has 7 nitrogen and oxygen atoms in total. The number of aromatic nitrogens is 1. The van der Waals surface area contributed by atoms with E-state index in [2.05, 4.69) is 4.90 Å². The maximum atomic E-state index is 14.0. The molecule has 1 aliphatic heterocycles. The number of hydrogen-bond donors (Lipinski definition) is 1. The summed E-state index contributed by atoms with van der Waals surface area (Å²) in [4.78, 5) is 30.9. The number of rotatable bonds is 9. The van der Waals surface area contributed by atoms with E-state index in [1.807, 2.05) is 94.4 Å². The van der Waals surface area contributed by atoms with Crippen LogP contribution in [-0.2, 0) is 17.9 Å². The molecule has 2 aliphatic rings. The van der Waals surface area contributed by atoms with Gasteiger partial charge in [0.05, 0.1) is 15.9 Å². The average Bonchev–Trinajstić information content (AvgIpc) is 3.67. The standard InChI is InChI=1S/C38H39N3O4S.ClH/c42-34(40-22-20-39(21-23-40)30-14-8-3-9-15-30)25-41-32-24-33(38(43)44)46-37(32)35(28-12-6-2-7-13-28)36(41)29-16-18-31(19-17-29)45-26-27-10-4-1-5-11-27;/h1-2,4-7,10-13,16-19,24,30H,3,8-9,14-15,20-23,25-26H2,(H,43,44);1H. The quantitative estimate of drug-likeness (QED) is 0.171. The van der Waals surface area contributed by atoms with Gasteiger partial charge in [-0.3, -0.25) is 9.69 Å². The van der Waals surface area contributed by atoms with Crippen molar-refractivity contribution in [3.8, 4) is 28.1 Å². The maximum absolute atomic E-state index is 14.0. The SMILES string of the molecule is Cl.O=C(O)c1cc2c(s1)c(-c1ccccc1)c(-c1ccc(OCc3ccccc3)cc1)n2CC(=O)N1CCN(C2CCCCC2)CC1. The lowest BCUT2D eigenvalue weighted by Gasteiger charge is -2.40. The van der Waals surface area contributed by atoms with Gasteiger partial charge in [-0.1, -0.05) is 79.9 Å². The number of fused-ring (bicyclic) bond motifs is 1. The molecule has 1 saturated heterocycles. The van der Waals surface area contributed by atoms with Crippen LogP contribution in [0.1, 0.15) is 47.3 Å². The Morgan fingerprint density at radius 1 is 0.809 bits per heavy atom. The van der Waals surface area contributed by atoms with Crippen molar-refractivity contribution in [3.05, 3.63) is 101 Å². The topological polar surface area (TPSA) is 75.0 Å². The van der Waals surface area contributed by atoms with Crippen molar-refractivity contribution in [2.24, 2.45) is 0 Å². The number of ether oxygens (including phenoxy) is 1. The highest BCUT2D eigenvalue weighted by atomic mass is 35.5. The third-order valence-corrected chi connectivity index (χ3v) is 10.6. The number of carbonyl (C=O) groups is 2. The van der Waals surface area contributed by atoms with E-state index in [1.54, 1.807) is 6.07 Å². The lowest BCUT2D eigenvalue weighted by molar-refractivity contribution is -0.133. The number of amides is 1. The predicted molar refractivity (Wildman–Crippen MR) is 191 cm³/mol. The van der Waals surface area contributed by atoms with Crippen LogP contribution in [0.3, 0.4) is 0 Å². The maximum Gasteiger partial charge on any atom is 0.345 e. The second kappa shape index (κ2) is 14.8. The van der Waals surface area contributed by atoms with Crippen LogP contribution in [0.15, 0.2) is 91.0 Å². The Labute approximate surface area is 285 Å². The van der Waals surface area contributed by atoms with Crippen molar-refractivity contribution in [1.82, 2.24) is 14.4 Å². The van der Waals surface area contributed by atoms with Crippen molar-refractivity contribution in [1.29, 1.82) is 0 Å². The summed E-state index contributed by atoms with van der Waals surface area (Å²) in [5.41, 5.74) is 5.66. The summed E-state index contributed by atoms with van der Waals surface area (Å²) in [6.45, 7) is 3.87. The monoisotopic (exact) mass is 669 g/mol. The molecular formula is C38H40ClN3O4S. The molecule has 2 aromatic heterocycles. The van der Waals surface area contributed by atoms with E-state index in [-0.39, 0.29) is 29.7 Å². The molecule has 3 aromatic carbocycles. The first-order valence-electron chi connectivity index (χ1n) is 16.3. The Bertz CT molecular complexity index is 1810. The number of piperazine rings is 1. The number of carboxylic acids is 1. The summed E-state index contributed by atoms with van der Waals surface area (Å²) in [5.74, 6) is -0.140. The van der Waals surface area contributed by atoms with Gasteiger partial charge in [-0.05, 0) is 59.9 Å². The number of halogens is 1. The Hall–Kier alpha value is -4.11. The first kappa shape index (κ1) is 32.8. The third-order valence-electron chi connectivity index (χ3n) is 9.44. The summed E-state index contributed by atoms with van der Waals surface area (Å²) in [6, 6.07) is 30.5. The zero-order valence-electron chi connectivity index (χ0n) is 26.3. The molecule has 5 aromatic rings. The molecule has 0 radical (unpaired) electrons. The summed E-state index contributed by atoms with van der Waals surface area (Å²) in [6.07, 6.45) is 6.48. The zero-order chi connectivity index (χ0) is 31.5. The van der Waals surface area contributed by atoms with E-state index >= 15 is 0 Å². The van der Waals surface area contributed by atoms with Gasteiger partial charge in [0.15, 0.2) is 0 Å². The van der Waals surface area contributed by atoms with Crippen LogP contribution in [0.5, 0.6) is 5.75 Å². The largest absolute Gasteiger partial charge is 0.489 e. The summed E-state index contributed by atoms with van der Waals surface area (Å²) < 4.78 is 8.99. The van der Waals surface area contributed by atoms with Crippen molar-refractivity contribution in [2.75, 3.05) is 26.2 Å². The number of thiophene rings is 1. The molecule has 0 atom stereocenters. The van der Waals surface area contributed by atoms with E-state index in [9.17, 15) is 14.7 Å². The normalized spacial score (nSPS) is 15.8. The van der Waals surface area contributed by atoms with E-state index in [4.69, 9.17) is 4.74 Å². The van der Waals surface area contributed by atoms with E-state index < -0.39 is 5.97 Å². The van der Waals surface area contributed by atoms with Gasteiger partial charge in [0, 0.05) is 37.8 Å². The van der Waals surface area contributed by atoms with Gasteiger partial charge in [0.1, 0.15) is 23.8 Å². The van der Waals surface area contributed by atoms with Gasteiger partial charge in [-0.15, -0.1) is 23.7 Å². The molecule has 1 aliphatic carbocycles. The van der Waals surface area contributed by atoms with Crippen LogP contribution in [0, 0.1) is 0 Å². The van der Waals surface area contributed by atoms with Gasteiger partial charge in [-0.2, -0.15) is 0 Å². The molecule has 3 heterocycles. The zero-order valence-corrected chi connectivity index (χ0v) is 28.0. The average molecular weight is 670 g/mol. The fourth-order valence-electron chi connectivity index (χ4n) is 7.03. The van der Waals surface area contributed by atoms with Crippen LogP contribution >= 0.6 is 23.7 Å². The summed E-state index contributed by atoms with van der Waals surface area (Å²) in [7, 11) is 0. The fraction of sp³-hybridized carbons (Fsp3) is 0.316. The molecule has 1 N–H and O–H groups in total. The predicted octanol–water partition coefficient (Wildman–Crippen LogP) is 8.21. The first-order valence-corrected chi connectivity index (χ1v) is 17.1. The number of carbonyl (C=O) groups excluding carboxylic acids is 1.